The van der Waals surface area contributed by atoms with Crippen LogP contribution in [0.5, 0.6) is 0 Å². The van der Waals surface area contributed by atoms with Crippen LogP contribution in [0.1, 0.15) is 0 Å². The van der Waals surface area contributed by atoms with Gasteiger partial charge in [0.05, 0.1) is 38.8 Å². The topological polar surface area (TPSA) is 14.8 Å². The Morgan fingerprint density at radius 3 is 1.33 bits per heavy atom. The van der Waals surface area contributed by atoms with Gasteiger partial charge in [-0.05, 0) is 93.0 Å². The largest absolute Gasteiger partial charge is 0.309 e. The Labute approximate surface area is 372 Å². The maximum absolute atomic E-state index is 2.74. The van der Waals surface area contributed by atoms with Crippen LogP contribution in [0.25, 0.3) is 82.8 Å². The second-order valence-electron chi connectivity index (χ2n) is 16.8. The normalized spacial score (nSPS) is 12.1. The Morgan fingerprint density at radius 2 is 0.703 bits per heavy atom. The first kappa shape index (κ1) is 36.5. The van der Waals surface area contributed by atoms with Crippen molar-refractivity contribution < 1.29 is 0 Å². The number of aromatic nitrogens is 3. The average molecular weight is 832 g/mol. The van der Waals surface area contributed by atoms with Gasteiger partial charge < -0.3 is 13.7 Å². The highest BCUT2D eigenvalue weighted by molar-refractivity contribution is 7.19. The van der Waals surface area contributed by atoms with Gasteiger partial charge in [0.2, 0.25) is 0 Å². The van der Waals surface area contributed by atoms with Crippen molar-refractivity contribution in [2.45, 2.75) is 0 Å². The van der Waals surface area contributed by atoms with Crippen LogP contribution in [0.3, 0.4) is 0 Å². The van der Waals surface area contributed by atoms with Gasteiger partial charge in [-0.15, -0.1) is 0 Å². The molecular weight excluding hydrogens is 791 g/mol. The summed E-state index contributed by atoms with van der Waals surface area (Å²) in [5.74, 6) is 0. The lowest BCUT2D eigenvalue weighted by Gasteiger charge is -2.34. The number of fused-ring (bicyclic) bond motifs is 3. The van der Waals surface area contributed by atoms with Crippen LogP contribution in [0.2, 0.25) is 0 Å². The summed E-state index contributed by atoms with van der Waals surface area (Å²) in [7, 11) is -2.74. The molecule has 3 nitrogen and oxygen atoms in total. The number of para-hydroxylation sites is 2. The van der Waals surface area contributed by atoms with Crippen molar-refractivity contribution in [3.05, 3.63) is 249 Å². The van der Waals surface area contributed by atoms with E-state index < -0.39 is 8.07 Å². The van der Waals surface area contributed by atoms with E-state index in [-0.39, 0.29) is 0 Å². The van der Waals surface area contributed by atoms with Crippen LogP contribution in [-0.4, -0.2) is 21.8 Å². The summed E-state index contributed by atoms with van der Waals surface area (Å²) in [6.07, 6.45) is 0. The zero-order valence-corrected chi connectivity index (χ0v) is 36.0. The van der Waals surface area contributed by atoms with E-state index in [9.17, 15) is 0 Å². The molecule has 0 spiro atoms. The Kier molecular flexibility index (Phi) is 8.23. The Hall–Kier alpha value is -8.18. The van der Waals surface area contributed by atoms with Crippen molar-refractivity contribution in [1.29, 1.82) is 0 Å². The fourth-order valence-corrected chi connectivity index (χ4v) is 15.8. The minimum atomic E-state index is -2.74. The zero-order valence-electron chi connectivity index (χ0n) is 35.0. The SMILES string of the molecule is c1ccc(-c2ccccc2-n2c3cccc4c3c3c(cccc32)n4-c2ccc3c(c2)c2ccccc2n3-c2cccc([Si](c3ccccc3)(c3ccccc3)c3ccccc3)c2)cc1. The monoisotopic (exact) mass is 831 g/mol. The van der Waals surface area contributed by atoms with E-state index >= 15 is 0 Å². The number of hydrogen-bond acceptors (Lipinski definition) is 0. The number of rotatable bonds is 8. The van der Waals surface area contributed by atoms with Crippen molar-refractivity contribution in [2.24, 2.45) is 0 Å². The van der Waals surface area contributed by atoms with E-state index in [2.05, 4.69) is 262 Å². The molecule has 0 aliphatic rings. The summed E-state index contributed by atoms with van der Waals surface area (Å²) in [6.45, 7) is 0. The van der Waals surface area contributed by atoms with Gasteiger partial charge in [-0.3, -0.25) is 0 Å². The number of benzene rings is 10. The van der Waals surface area contributed by atoms with E-state index in [0.29, 0.717) is 0 Å². The quantitative estimate of drug-likeness (QED) is 0.107. The molecule has 300 valence electrons. The molecule has 0 atom stereocenters. The van der Waals surface area contributed by atoms with Crippen LogP contribution < -0.4 is 20.7 Å². The first-order valence-corrected chi connectivity index (χ1v) is 24.1. The van der Waals surface area contributed by atoms with Crippen LogP contribution in [0.15, 0.2) is 249 Å². The molecule has 10 aromatic carbocycles. The zero-order chi connectivity index (χ0) is 42.2. The van der Waals surface area contributed by atoms with E-state index in [1.54, 1.807) is 0 Å². The summed E-state index contributed by atoms with van der Waals surface area (Å²) in [6, 6.07) is 92.0. The van der Waals surface area contributed by atoms with Crippen molar-refractivity contribution in [3.63, 3.8) is 0 Å². The smallest absolute Gasteiger partial charge is 0.179 e. The predicted octanol–water partition coefficient (Wildman–Crippen LogP) is 12.3. The molecule has 0 N–H and O–H groups in total. The minimum Gasteiger partial charge on any atom is -0.309 e. The van der Waals surface area contributed by atoms with Crippen LogP contribution in [0, 0.1) is 0 Å². The Bertz CT molecular complexity index is 3660. The molecule has 0 bridgehead atoms. The molecule has 13 rings (SSSR count). The summed E-state index contributed by atoms with van der Waals surface area (Å²) in [4.78, 5) is 0. The van der Waals surface area contributed by atoms with Crippen LogP contribution in [0.4, 0.5) is 0 Å². The first-order valence-electron chi connectivity index (χ1n) is 22.1. The van der Waals surface area contributed by atoms with Crippen molar-refractivity contribution >= 4 is 83.5 Å². The first-order chi connectivity index (χ1) is 31.8. The van der Waals surface area contributed by atoms with Crippen LogP contribution in [-0.2, 0) is 0 Å². The molecule has 4 heteroatoms. The van der Waals surface area contributed by atoms with Crippen molar-refractivity contribution in [3.8, 4) is 28.2 Å². The molecule has 0 fully saturated rings. The highest BCUT2D eigenvalue weighted by Crippen LogP contribution is 2.44. The van der Waals surface area contributed by atoms with Crippen molar-refractivity contribution in [2.75, 3.05) is 0 Å². The minimum absolute atomic E-state index is 1.15. The third-order valence-electron chi connectivity index (χ3n) is 13.6. The summed E-state index contributed by atoms with van der Waals surface area (Å²) in [5.41, 5.74) is 13.1. The molecule has 0 saturated carbocycles. The third-order valence-corrected chi connectivity index (χ3v) is 18.3. The van der Waals surface area contributed by atoms with Gasteiger partial charge in [0, 0.05) is 38.5 Å². The van der Waals surface area contributed by atoms with E-state index in [4.69, 9.17) is 0 Å². The van der Waals surface area contributed by atoms with Gasteiger partial charge in [0.1, 0.15) is 0 Å². The summed E-state index contributed by atoms with van der Waals surface area (Å²) >= 11 is 0. The Morgan fingerprint density at radius 1 is 0.266 bits per heavy atom. The molecule has 0 amide bonds. The highest BCUT2D eigenvalue weighted by Gasteiger charge is 2.41. The maximum atomic E-state index is 2.48. The van der Waals surface area contributed by atoms with Gasteiger partial charge in [-0.1, -0.05) is 182 Å². The van der Waals surface area contributed by atoms with Gasteiger partial charge in [-0.2, -0.15) is 0 Å². The molecule has 64 heavy (non-hydrogen) atoms. The lowest BCUT2D eigenvalue weighted by molar-refractivity contribution is 1.15. The molecular formula is C60H41N3Si. The maximum Gasteiger partial charge on any atom is 0.179 e. The molecule has 13 aromatic rings. The standard InChI is InChI=1S/C60H41N3Si/c1-5-20-42(21-6-1)49-30-13-15-32-52(49)63-57-36-18-34-55-59(57)60-56(35-19-37-58(60)63)62(55)44-38-39-54-51(41-44)50-31-14-16-33-53(50)61(54)43-22-17-29-48(40-43)64(45-23-7-2-8-24-45,46-25-9-3-10-26-46)47-27-11-4-12-28-47/h1-41H. The van der Waals surface area contributed by atoms with E-state index in [0.717, 1.165) is 11.4 Å². The molecule has 0 saturated heterocycles. The third kappa shape index (κ3) is 5.27. The molecule has 0 radical (unpaired) electrons. The molecule has 0 unspecified atom stereocenters. The van der Waals surface area contributed by atoms with E-state index in [1.807, 2.05) is 0 Å². The lowest BCUT2D eigenvalue weighted by Crippen LogP contribution is -2.74. The van der Waals surface area contributed by atoms with Crippen LogP contribution >= 0.6 is 0 Å². The highest BCUT2D eigenvalue weighted by atomic mass is 28.3. The van der Waals surface area contributed by atoms with E-state index in [1.165, 1.54) is 92.2 Å². The summed E-state index contributed by atoms with van der Waals surface area (Å²) < 4.78 is 7.42. The average Bonchev–Trinajstić information content (AvgIpc) is 4.02. The van der Waals surface area contributed by atoms with Gasteiger partial charge >= 0.3 is 0 Å². The predicted molar refractivity (Wildman–Crippen MR) is 272 cm³/mol. The number of nitrogens with zero attached hydrogens (tertiary/aromatic N) is 3. The second-order valence-corrected chi connectivity index (χ2v) is 20.7. The van der Waals surface area contributed by atoms with Gasteiger partial charge in [-0.25, -0.2) is 0 Å². The second kappa shape index (κ2) is 14.5. The molecule has 0 aliphatic carbocycles. The van der Waals surface area contributed by atoms with Gasteiger partial charge in [0.15, 0.2) is 8.07 Å². The lowest BCUT2D eigenvalue weighted by atomic mass is 10.0. The molecule has 3 heterocycles. The molecule has 0 aliphatic heterocycles. The number of hydrogen-bond donors (Lipinski definition) is 0. The van der Waals surface area contributed by atoms with Gasteiger partial charge in [0.25, 0.3) is 0 Å². The van der Waals surface area contributed by atoms with Crippen molar-refractivity contribution in [1.82, 2.24) is 13.7 Å². The summed E-state index contributed by atoms with van der Waals surface area (Å²) in [5, 5.41) is 10.5. The fraction of sp³-hybridized carbons (Fsp3) is 0. The Balaban J connectivity index is 1.01. The fourth-order valence-electron chi connectivity index (χ4n) is 11.0. The molecule has 3 aromatic heterocycles.